The van der Waals surface area contributed by atoms with Gasteiger partial charge >= 0.3 is 0 Å². The Bertz CT molecular complexity index is 424. The predicted octanol–water partition coefficient (Wildman–Crippen LogP) is 3.58. The second kappa shape index (κ2) is 5.28. The van der Waals surface area contributed by atoms with Crippen molar-refractivity contribution in [2.24, 2.45) is 5.41 Å². The van der Waals surface area contributed by atoms with Gasteiger partial charge in [0.05, 0.1) is 11.7 Å². The van der Waals surface area contributed by atoms with Gasteiger partial charge in [-0.1, -0.05) is 32.9 Å². The van der Waals surface area contributed by atoms with E-state index in [2.05, 4.69) is 34.3 Å². The Morgan fingerprint density at radius 2 is 2.05 bits per heavy atom. The largest absolute Gasteiger partial charge is 0.389 e. The van der Waals surface area contributed by atoms with Crippen LogP contribution >= 0.6 is 0 Å². The molecule has 2 aliphatic rings. The quantitative estimate of drug-likeness (QED) is 0.803. The van der Waals surface area contributed by atoms with E-state index in [1.54, 1.807) is 6.08 Å². The Labute approximate surface area is 122 Å². The van der Waals surface area contributed by atoms with E-state index in [9.17, 15) is 5.11 Å². The van der Waals surface area contributed by atoms with E-state index < -0.39 is 5.60 Å². The van der Waals surface area contributed by atoms with Crippen molar-refractivity contribution in [3.63, 3.8) is 0 Å². The van der Waals surface area contributed by atoms with Crippen molar-refractivity contribution < 1.29 is 14.6 Å². The number of aliphatic hydroxyl groups is 1. The van der Waals surface area contributed by atoms with E-state index in [1.165, 1.54) is 11.1 Å². The molecule has 1 aliphatic heterocycles. The zero-order valence-electron chi connectivity index (χ0n) is 13.4. The molecule has 0 amide bonds. The summed E-state index contributed by atoms with van der Waals surface area (Å²) in [5, 5.41) is 11.0. The second-order valence-corrected chi connectivity index (χ2v) is 6.71. The fraction of sp³-hybridized carbons (Fsp3) is 0.765. The third kappa shape index (κ3) is 2.26. The smallest absolute Gasteiger partial charge is 0.177 e. The first kappa shape index (κ1) is 15.7. The summed E-state index contributed by atoms with van der Waals surface area (Å²) in [5.41, 5.74) is 1.57. The molecule has 0 unspecified atom stereocenters. The molecule has 1 aliphatic carbocycles. The SMILES string of the molecule is C=C[C@H]1O[C@@H](C)[C@@H](C2=C(C)CC[C@@](O)(CC)C2(C)C)O1. The highest BCUT2D eigenvalue weighted by molar-refractivity contribution is 5.32. The summed E-state index contributed by atoms with van der Waals surface area (Å²) in [5.74, 6) is 0. The minimum atomic E-state index is -0.669. The third-order valence-corrected chi connectivity index (χ3v) is 5.33. The van der Waals surface area contributed by atoms with Crippen LogP contribution in [0.3, 0.4) is 0 Å². The van der Waals surface area contributed by atoms with E-state index in [0.717, 1.165) is 19.3 Å². The maximum Gasteiger partial charge on any atom is 0.177 e. The molecule has 114 valence electrons. The Morgan fingerprint density at radius 3 is 2.55 bits per heavy atom. The van der Waals surface area contributed by atoms with Gasteiger partial charge < -0.3 is 14.6 Å². The Kier molecular flexibility index (Phi) is 4.16. The lowest BCUT2D eigenvalue weighted by Gasteiger charge is -2.50. The lowest BCUT2D eigenvalue weighted by molar-refractivity contribution is -0.0788. The summed E-state index contributed by atoms with van der Waals surface area (Å²) in [4.78, 5) is 0. The molecular weight excluding hydrogens is 252 g/mol. The van der Waals surface area contributed by atoms with Gasteiger partial charge in [-0.25, -0.2) is 0 Å². The van der Waals surface area contributed by atoms with Gasteiger partial charge in [-0.2, -0.15) is 0 Å². The number of allylic oxidation sites excluding steroid dienone is 1. The molecule has 1 N–H and O–H groups in total. The number of ether oxygens (including phenoxy) is 2. The van der Waals surface area contributed by atoms with E-state index in [4.69, 9.17) is 9.47 Å². The van der Waals surface area contributed by atoms with Crippen molar-refractivity contribution in [2.75, 3.05) is 0 Å². The van der Waals surface area contributed by atoms with Gasteiger partial charge in [0.2, 0.25) is 0 Å². The predicted molar refractivity (Wildman–Crippen MR) is 80.4 cm³/mol. The lowest BCUT2D eigenvalue weighted by atomic mass is 9.60. The number of rotatable bonds is 3. The maximum absolute atomic E-state index is 11.0. The van der Waals surface area contributed by atoms with Crippen LogP contribution in [-0.2, 0) is 9.47 Å². The number of hydrogen-bond acceptors (Lipinski definition) is 3. The molecule has 4 atom stereocenters. The van der Waals surface area contributed by atoms with Crippen LogP contribution in [-0.4, -0.2) is 29.2 Å². The van der Waals surface area contributed by atoms with Crippen LogP contribution in [0.4, 0.5) is 0 Å². The van der Waals surface area contributed by atoms with Crippen LogP contribution in [0.1, 0.15) is 53.9 Å². The van der Waals surface area contributed by atoms with Gasteiger partial charge in [-0.15, -0.1) is 0 Å². The van der Waals surface area contributed by atoms with E-state index >= 15 is 0 Å². The summed E-state index contributed by atoms with van der Waals surface area (Å²) in [6.07, 6.45) is 3.74. The normalized spacial score (nSPS) is 41.0. The summed E-state index contributed by atoms with van der Waals surface area (Å²) in [7, 11) is 0. The first-order valence-electron chi connectivity index (χ1n) is 7.63. The van der Waals surface area contributed by atoms with Gasteiger partial charge in [0.15, 0.2) is 6.29 Å². The molecule has 0 bridgehead atoms. The van der Waals surface area contributed by atoms with E-state index in [0.29, 0.717) is 0 Å². The van der Waals surface area contributed by atoms with Crippen molar-refractivity contribution in [1.29, 1.82) is 0 Å². The molecule has 1 heterocycles. The molecule has 3 nitrogen and oxygen atoms in total. The monoisotopic (exact) mass is 280 g/mol. The van der Waals surface area contributed by atoms with Crippen LogP contribution in [0.25, 0.3) is 0 Å². The molecule has 1 saturated heterocycles. The highest BCUT2D eigenvalue weighted by Gasteiger charge is 2.52. The molecule has 20 heavy (non-hydrogen) atoms. The van der Waals surface area contributed by atoms with E-state index in [1.807, 2.05) is 6.92 Å². The van der Waals surface area contributed by atoms with Gasteiger partial charge in [0, 0.05) is 5.41 Å². The van der Waals surface area contributed by atoms with Crippen molar-refractivity contribution in [3.05, 3.63) is 23.8 Å². The molecule has 0 aromatic heterocycles. The molecular formula is C17H28O3. The average molecular weight is 280 g/mol. The zero-order valence-corrected chi connectivity index (χ0v) is 13.4. The fourth-order valence-electron chi connectivity index (χ4n) is 3.83. The van der Waals surface area contributed by atoms with Crippen LogP contribution in [0.2, 0.25) is 0 Å². The van der Waals surface area contributed by atoms with Crippen LogP contribution in [0.15, 0.2) is 23.8 Å². The van der Waals surface area contributed by atoms with Crippen molar-refractivity contribution >= 4 is 0 Å². The minimum absolute atomic E-state index is 0.0126. The van der Waals surface area contributed by atoms with Crippen molar-refractivity contribution in [3.8, 4) is 0 Å². The highest BCUT2D eigenvalue weighted by Crippen LogP contribution is 2.52. The lowest BCUT2D eigenvalue weighted by Crippen LogP contribution is -2.51. The molecule has 0 spiro atoms. The Balaban J connectivity index is 2.40. The molecule has 0 radical (unpaired) electrons. The van der Waals surface area contributed by atoms with Crippen molar-refractivity contribution in [2.45, 2.75) is 78.0 Å². The van der Waals surface area contributed by atoms with Gasteiger partial charge in [0.25, 0.3) is 0 Å². The minimum Gasteiger partial charge on any atom is -0.389 e. The van der Waals surface area contributed by atoms with Crippen LogP contribution in [0.5, 0.6) is 0 Å². The standard InChI is InChI=1S/C17H28O3/c1-7-13-19-12(4)15(20-13)14-11(3)9-10-17(18,8-2)16(14,5)6/h7,12-13,15,18H,1,8-10H2,2-6H3/t12-,13-,15-,17-/m0/s1. The third-order valence-electron chi connectivity index (χ3n) is 5.33. The zero-order chi connectivity index (χ0) is 15.1. The first-order valence-corrected chi connectivity index (χ1v) is 7.63. The summed E-state index contributed by atoms with van der Waals surface area (Å²) in [6, 6.07) is 0. The molecule has 0 aromatic rings. The van der Waals surface area contributed by atoms with Gasteiger partial charge in [-0.3, -0.25) is 0 Å². The summed E-state index contributed by atoms with van der Waals surface area (Å²) < 4.78 is 11.8. The molecule has 2 rings (SSSR count). The molecule has 0 saturated carbocycles. The van der Waals surface area contributed by atoms with E-state index in [-0.39, 0.29) is 23.9 Å². The Hall–Kier alpha value is -0.640. The second-order valence-electron chi connectivity index (χ2n) is 6.71. The molecule has 3 heteroatoms. The highest BCUT2D eigenvalue weighted by atomic mass is 16.7. The first-order chi connectivity index (χ1) is 9.26. The fourth-order valence-corrected chi connectivity index (χ4v) is 3.83. The van der Waals surface area contributed by atoms with Crippen molar-refractivity contribution in [1.82, 2.24) is 0 Å². The molecule has 0 aromatic carbocycles. The summed E-state index contributed by atoms with van der Waals surface area (Å²) >= 11 is 0. The van der Waals surface area contributed by atoms with Gasteiger partial charge in [-0.05, 0) is 44.8 Å². The van der Waals surface area contributed by atoms with Gasteiger partial charge in [0.1, 0.15) is 6.10 Å². The van der Waals surface area contributed by atoms with Crippen LogP contribution in [0, 0.1) is 5.41 Å². The number of hydrogen-bond donors (Lipinski definition) is 1. The molecule has 1 fully saturated rings. The topological polar surface area (TPSA) is 38.7 Å². The Morgan fingerprint density at radius 1 is 1.40 bits per heavy atom. The van der Waals surface area contributed by atoms with Crippen LogP contribution < -0.4 is 0 Å². The maximum atomic E-state index is 11.0. The summed E-state index contributed by atoms with van der Waals surface area (Å²) in [6.45, 7) is 14.2. The average Bonchev–Trinajstić information content (AvgIpc) is 2.76.